The molecule has 516 valence electrons. The first kappa shape index (κ1) is 80.7. The number of aryl methyl sites for hydroxylation is 1. The molecule has 0 aromatic heterocycles. The van der Waals surface area contributed by atoms with Gasteiger partial charge in [0.2, 0.25) is 0 Å². The summed E-state index contributed by atoms with van der Waals surface area (Å²) in [7, 11) is 0. The van der Waals surface area contributed by atoms with Gasteiger partial charge in [-0.15, -0.1) is 6.42 Å². The van der Waals surface area contributed by atoms with E-state index in [1.165, 1.54) is 116 Å². The van der Waals surface area contributed by atoms with Gasteiger partial charge in [-0.2, -0.15) is 0 Å². The van der Waals surface area contributed by atoms with Gasteiger partial charge in [0.05, 0.1) is 45.2 Å². The fourth-order valence-corrected chi connectivity index (χ4v) is 11.9. The highest BCUT2D eigenvalue weighted by Crippen LogP contribution is 2.38. The van der Waals surface area contributed by atoms with Crippen LogP contribution in [-0.4, -0.2) is 39.6 Å². The molecule has 0 heterocycles. The van der Waals surface area contributed by atoms with Crippen molar-refractivity contribution < 1.29 is 28.4 Å². The Hall–Kier alpha value is -4.50. The third-order valence-electron chi connectivity index (χ3n) is 18.7. The van der Waals surface area contributed by atoms with Crippen LogP contribution < -0.4 is 28.4 Å². The third-order valence-corrected chi connectivity index (χ3v) is 18.7. The summed E-state index contributed by atoms with van der Waals surface area (Å²) in [5.41, 5.74) is 5.65. The fourth-order valence-electron chi connectivity index (χ4n) is 11.9. The fraction of sp³-hybridized carbons (Fsp3) is 0.718. The van der Waals surface area contributed by atoms with Crippen LogP contribution in [0, 0.1) is 90.3 Å². The van der Waals surface area contributed by atoms with E-state index in [0.29, 0.717) is 92.9 Å². The van der Waals surface area contributed by atoms with E-state index in [9.17, 15) is 0 Å². The Balaban J connectivity index is 2.27. The Kier molecular flexibility index (Phi) is 41.3. The van der Waals surface area contributed by atoms with Gasteiger partial charge in [-0.3, -0.25) is 0 Å². The van der Waals surface area contributed by atoms with E-state index in [0.717, 1.165) is 124 Å². The minimum atomic E-state index is 0.545. The largest absolute Gasteiger partial charge is 0.493 e. The molecule has 0 N–H and O–H groups in total. The zero-order valence-corrected chi connectivity index (χ0v) is 62.4. The smallest absolute Gasteiger partial charge is 0.135 e. The summed E-state index contributed by atoms with van der Waals surface area (Å²) < 4.78 is 41.0. The maximum atomic E-state index is 7.03. The van der Waals surface area contributed by atoms with Crippen LogP contribution in [0.4, 0.5) is 0 Å². The molecule has 91 heavy (non-hydrogen) atoms. The van der Waals surface area contributed by atoms with Crippen LogP contribution in [-0.2, 0) is 0 Å². The second-order valence-electron chi connectivity index (χ2n) is 31.2. The molecular weight excluding hydrogens is 1120 g/mol. The SMILES string of the molecule is C#Cc1cc(OCC[C@@H](C)CCCC(C)C)c(/C=C/c2cc(OCC[C@@H](C)CCCC(C)C)c(/C=C/c3cc(OCC[C@@H](C)CCCC(C)C)c(C)cc3OCC[C@@H](C)CCCC(C)C)cc2OCC[C@@H](C)CCCC(C)C)cc1OCC[C@@H](C)CCCC(C)C. The summed E-state index contributed by atoms with van der Waals surface area (Å²) in [5.74, 6) is 15.6. The standard InChI is InChI=1S/C85H140O6/c1-21-75-57-83(89-53-47-71(17)37-25-31-65(8)9)77(59-82(75)88-52-46-70(16)36-24-30-64(6)7)42-43-79-61-84(90-54-48-72(18)38-26-32-66(10)11)78(60-85(79)91-55-49-73(19)39-27-33-67(12)13)41-40-76-58-80(86-50-44-68(14)34-22-28-62(2)3)74(20)56-81(76)87-51-45-69(15)35-23-29-63(4)5/h1,40-43,56-73H,22-39,44-55H2,2-20H3/b41-40+,43-42+/t68-,69-,70-,71-,72-,73-/m0/s1. The molecular formula is C85H140O6. The van der Waals surface area contributed by atoms with Crippen molar-refractivity contribution in [3.05, 3.63) is 69.8 Å². The lowest BCUT2D eigenvalue weighted by Gasteiger charge is -2.19. The van der Waals surface area contributed by atoms with Gasteiger partial charge < -0.3 is 28.4 Å². The van der Waals surface area contributed by atoms with Crippen molar-refractivity contribution in [1.29, 1.82) is 0 Å². The zero-order valence-electron chi connectivity index (χ0n) is 62.4. The molecule has 0 radical (unpaired) electrons. The highest BCUT2D eigenvalue weighted by Gasteiger charge is 2.18. The molecule has 6 nitrogen and oxygen atoms in total. The zero-order chi connectivity index (χ0) is 67.1. The number of ether oxygens (including phenoxy) is 6. The molecule has 0 fully saturated rings. The third kappa shape index (κ3) is 36.7. The highest BCUT2D eigenvalue weighted by molar-refractivity contribution is 5.81. The highest BCUT2D eigenvalue weighted by atomic mass is 16.5. The van der Waals surface area contributed by atoms with E-state index in [2.05, 4.69) is 192 Å². The second-order valence-corrected chi connectivity index (χ2v) is 31.2. The van der Waals surface area contributed by atoms with E-state index >= 15 is 0 Å². The van der Waals surface area contributed by atoms with Crippen LogP contribution in [0.3, 0.4) is 0 Å². The van der Waals surface area contributed by atoms with Crippen molar-refractivity contribution in [2.24, 2.45) is 71.0 Å². The van der Waals surface area contributed by atoms with Crippen molar-refractivity contribution in [2.45, 2.75) is 286 Å². The molecule has 0 unspecified atom stereocenters. The van der Waals surface area contributed by atoms with E-state index in [1.54, 1.807) is 0 Å². The predicted molar refractivity (Wildman–Crippen MR) is 398 cm³/mol. The molecule has 0 aliphatic carbocycles. The van der Waals surface area contributed by atoms with Crippen LogP contribution in [0.25, 0.3) is 24.3 Å². The molecule has 6 heteroatoms. The van der Waals surface area contributed by atoms with Gasteiger partial charge >= 0.3 is 0 Å². The average molecular weight is 1260 g/mol. The lowest BCUT2D eigenvalue weighted by molar-refractivity contribution is 0.267. The molecule has 0 saturated carbocycles. The Morgan fingerprint density at radius 1 is 0.275 bits per heavy atom. The van der Waals surface area contributed by atoms with Crippen molar-refractivity contribution in [3.63, 3.8) is 0 Å². The van der Waals surface area contributed by atoms with Crippen molar-refractivity contribution in [3.8, 4) is 46.8 Å². The summed E-state index contributed by atoms with van der Waals surface area (Å²) in [6.07, 6.45) is 43.3. The van der Waals surface area contributed by atoms with E-state index in [4.69, 9.17) is 34.8 Å². The summed E-state index contributed by atoms with van der Waals surface area (Å²) in [6, 6.07) is 12.9. The molecule has 0 aliphatic rings. The van der Waals surface area contributed by atoms with Crippen LogP contribution >= 0.6 is 0 Å². The lowest BCUT2D eigenvalue weighted by atomic mass is 9.97. The van der Waals surface area contributed by atoms with E-state index in [1.807, 2.05) is 6.07 Å². The van der Waals surface area contributed by atoms with Gasteiger partial charge in [-0.25, -0.2) is 0 Å². The van der Waals surface area contributed by atoms with Crippen LogP contribution in [0.2, 0.25) is 0 Å². The minimum Gasteiger partial charge on any atom is -0.493 e. The van der Waals surface area contributed by atoms with Crippen LogP contribution in [0.1, 0.15) is 312 Å². The van der Waals surface area contributed by atoms with Crippen molar-refractivity contribution in [1.82, 2.24) is 0 Å². The Morgan fingerprint density at radius 2 is 0.484 bits per heavy atom. The van der Waals surface area contributed by atoms with Crippen molar-refractivity contribution in [2.75, 3.05) is 39.6 Å². The molecule has 0 amide bonds. The number of hydrogen-bond acceptors (Lipinski definition) is 6. The average Bonchev–Trinajstić information content (AvgIpc) is 1.16. The minimum absolute atomic E-state index is 0.545. The molecule has 0 aliphatic heterocycles. The first-order chi connectivity index (χ1) is 43.4. The maximum absolute atomic E-state index is 7.03. The molecule has 3 rings (SSSR count). The Bertz CT molecular complexity index is 2480. The number of hydrogen-bond donors (Lipinski definition) is 0. The van der Waals surface area contributed by atoms with Gasteiger partial charge in [0.15, 0.2) is 0 Å². The molecule has 3 aromatic carbocycles. The van der Waals surface area contributed by atoms with E-state index in [-0.39, 0.29) is 0 Å². The quantitative estimate of drug-likeness (QED) is 0.0415. The topological polar surface area (TPSA) is 55.4 Å². The molecule has 0 saturated heterocycles. The maximum Gasteiger partial charge on any atom is 0.135 e. The van der Waals surface area contributed by atoms with Gasteiger partial charge in [-0.05, 0) is 152 Å². The number of benzene rings is 3. The first-order valence-electron chi connectivity index (χ1n) is 37.5. The monoisotopic (exact) mass is 1260 g/mol. The van der Waals surface area contributed by atoms with E-state index < -0.39 is 0 Å². The Labute approximate surface area is 562 Å². The molecule has 0 spiro atoms. The second kappa shape index (κ2) is 46.6. The lowest BCUT2D eigenvalue weighted by Crippen LogP contribution is -2.08. The summed E-state index contributed by atoms with van der Waals surface area (Å²) >= 11 is 0. The summed E-state index contributed by atoms with van der Waals surface area (Å²) in [6.45, 7) is 48.0. The van der Waals surface area contributed by atoms with Gasteiger partial charge in [0.25, 0.3) is 0 Å². The number of terminal acetylenes is 1. The number of rotatable bonds is 52. The summed E-state index contributed by atoms with van der Waals surface area (Å²) in [5, 5.41) is 0. The first-order valence-corrected chi connectivity index (χ1v) is 37.5. The van der Waals surface area contributed by atoms with Crippen LogP contribution in [0.5, 0.6) is 34.5 Å². The summed E-state index contributed by atoms with van der Waals surface area (Å²) in [4.78, 5) is 0. The van der Waals surface area contributed by atoms with Gasteiger partial charge in [0, 0.05) is 28.3 Å². The van der Waals surface area contributed by atoms with Gasteiger partial charge in [0.1, 0.15) is 34.5 Å². The van der Waals surface area contributed by atoms with Crippen molar-refractivity contribution >= 4 is 24.3 Å². The normalized spacial score (nSPS) is 14.1. The van der Waals surface area contributed by atoms with Gasteiger partial charge in [-0.1, -0.05) is 270 Å². The Morgan fingerprint density at radius 3 is 0.736 bits per heavy atom. The molecule has 3 aromatic rings. The molecule has 6 atom stereocenters. The molecule has 0 bridgehead atoms. The van der Waals surface area contributed by atoms with Crippen LogP contribution in [0.15, 0.2) is 36.4 Å². The predicted octanol–water partition coefficient (Wildman–Crippen LogP) is 25.7.